The summed E-state index contributed by atoms with van der Waals surface area (Å²) in [6, 6.07) is 2.90. The molecule has 0 radical (unpaired) electrons. The first-order valence-corrected chi connectivity index (χ1v) is 4.72. The van der Waals surface area contributed by atoms with E-state index in [4.69, 9.17) is 4.74 Å². The maximum Gasteiger partial charge on any atom is 0.256 e. The Labute approximate surface area is 87.5 Å². The van der Waals surface area contributed by atoms with Crippen LogP contribution in [-0.2, 0) is 4.74 Å². The molecule has 1 rings (SSSR count). The molecule has 0 saturated heterocycles. The van der Waals surface area contributed by atoms with E-state index in [9.17, 15) is 9.18 Å². The van der Waals surface area contributed by atoms with Gasteiger partial charge < -0.3 is 10.1 Å². The zero-order valence-electron chi connectivity index (χ0n) is 8.50. The highest BCUT2D eigenvalue weighted by molar-refractivity contribution is 5.94. The quantitative estimate of drug-likeness (QED) is 0.585. The molecule has 1 amide bonds. The summed E-state index contributed by atoms with van der Waals surface area (Å²) < 4.78 is 18.0. The SMILES string of the molecule is CCOCCNC(=O)c1cccnc1F. The molecule has 0 atom stereocenters. The fourth-order valence-corrected chi connectivity index (χ4v) is 1.03. The molecule has 4 nitrogen and oxygen atoms in total. The number of aromatic nitrogens is 1. The van der Waals surface area contributed by atoms with Crippen molar-refractivity contribution in [2.24, 2.45) is 0 Å². The third kappa shape index (κ3) is 3.63. The predicted octanol–water partition coefficient (Wildman–Crippen LogP) is 0.987. The Bertz CT molecular complexity index is 331. The number of rotatable bonds is 5. The van der Waals surface area contributed by atoms with Crippen LogP contribution in [0.1, 0.15) is 17.3 Å². The molecule has 0 spiro atoms. The van der Waals surface area contributed by atoms with Gasteiger partial charge in [0.05, 0.1) is 12.2 Å². The van der Waals surface area contributed by atoms with Crippen LogP contribution in [0.2, 0.25) is 0 Å². The third-order valence-electron chi connectivity index (χ3n) is 1.74. The van der Waals surface area contributed by atoms with Crippen molar-refractivity contribution in [3.8, 4) is 0 Å². The number of hydrogen-bond donors (Lipinski definition) is 1. The zero-order chi connectivity index (χ0) is 11.1. The molecule has 0 aliphatic carbocycles. The molecule has 82 valence electrons. The van der Waals surface area contributed by atoms with Crippen molar-refractivity contribution in [2.45, 2.75) is 6.92 Å². The van der Waals surface area contributed by atoms with E-state index in [1.165, 1.54) is 18.3 Å². The highest BCUT2D eigenvalue weighted by Crippen LogP contribution is 2.01. The molecule has 0 saturated carbocycles. The summed E-state index contributed by atoms with van der Waals surface area (Å²) in [4.78, 5) is 14.8. The minimum atomic E-state index is -0.758. The Morgan fingerprint density at radius 1 is 1.67 bits per heavy atom. The van der Waals surface area contributed by atoms with Crippen LogP contribution < -0.4 is 5.32 Å². The van der Waals surface area contributed by atoms with Gasteiger partial charge in [0.2, 0.25) is 5.95 Å². The van der Waals surface area contributed by atoms with E-state index >= 15 is 0 Å². The van der Waals surface area contributed by atoms with E-state index in [0.29, 0.717) is 19.8 Å². The number of carbonyl (C=O) groups is 1. The van der Waals surface area contributed by atoms with Crippen molar-refractivity contribution in [1.82, 2.24) is 10.3 Å². The van der Waals surface area contributed by atoms with Crippen molar-refractivity contribution in [3.05, 3.63) is 29.8 Å². The summed E-state index contributed by atoms with van der Waals surface area (Å²) in [5, 5.41) is 2.53. The minimum absolute atomic E-state index is 0.0472. The molecule has 0 aliphatic heterocycles. The summed E-state index contributed by atoms with van der Waals surface area (Å²) in [6.45, 7) is 3.24. The first kappa shape index (κ1) is 11.6. The third-order valence-corrected chi connectivity index (χ3v) is 1.74. The van der Waals surface area contributed by atoms with Gasteiger partial charge in [-0.05, 0) is 19.1 Å². The Kier molecular flexibility index (Phi) is 4.70. The molecule has 15 heavy (non-hydrogen) atoms. The Balaban J connectivity index is 2.44. The second-order valence-electron chi connectivity index (χ2n) is 2.79. The lowest BCUT2D eigenvalue weighted by Gasteiger charge is -2.05. The van der Waals surface area contributed by atoms with Crippen LogP contribution in [0.15, 0.2) is 18.3 Å². The van der Waals surface area contributed by atoms with E-state index in [1.807, 2.05) is 6.92 Å². The first-order chi connectivity index (χ1) is 7.25. The van der Waals surface area contributed by atoms with Gasteiger partial charge in [0, 0.05) is 19.3 Å². The normalized spacial score (nSPS) is 10.0. The standard InChI is InChI=1S/C10H13FN2O2/c1-2-15-7-6-13-10(14)8-4-3-5-12-9(8)11/h3-5H,2,6-7H2,1H3,(H,13,14). The van der Waals surface area contributed by atoms with Gasteiger partial charge in [-0.15, -0.1) is 0 Å². The van der Waals surface area contributed by atoms with Gasteiger partial charge in [-0.2, -0.15) is 4.39 Å². The van der Waals surface area contributed by atoms with Gasteiger partial charge in [0.25, 0.3) is 5.91 Å². The summed E-state index contributed by atoms with van der Waals surface area (Å²) >= 11 is 0. The second kappa shape index (κ2) is 6.08. The summed E-state index contributed by atoms with van der Waals surface area (Å²) in [6.07, 6.45) is 1.30. The Hall–Kier alpha value is -1.49. The smallest absolute Gasteiger partial charge is 0.256 e. The number of ether oxygens (including phenoxy) is 1. The van der Waals surface area contributed by atoms with Crippen molar-refractivity contribution in [1.29, 1.82) is 0 Å². The molecular formula is C10H13FN2O2. The number of halogens is 1. The lowest BCUT2D eigenvalue weighted by Crippen LogP contribution is -2.28. The van der Waals surface area contributed by atoms with Gasteiger partial charge in [0.15, 0.2) is 0 Å². The van der Waals surface area contributed by atoms with Gasteiger partial charge in [0.1, 0.15) is 0 Å². The van der Waals surface area contributed by atoms with Crippen LogP contribution in [0.5, 0.6) is 0 Å². The van der Waals surface area contributed by atoms with Crippen LogP contribution in [-0.4, -0.2) is 30.6 Å². The monoisotopic (exact) mass is 212 g/mol. The summed E-state index contributed by atoms with van der Waals surface area (Å²) in [5.41, 5.74) is -0.0472. The molecule has 1 N–H and O–H groups in total. The average molecular weight is 212 g/mol. The largest absolute Gasteiger partial charge is 0.380 e. The molecule has 0 fully saturated rings. The number of amides is 1. The Morgan fingerprint density at radius 2 is 2.47 bits per heavy atom. The van der Waals surface area contributed by atoms with Crippen LogP contribution in [0.3, 0.4) is 0 Å². The maximum absolute atomic E-state index is 13.0. The lowest BCUT2D eigenvalue weighted by molar-refractivity contribution is 0.0917. The molecule has 0 aliphatic rings. The predicted molar refractivity (Wildman–Crippen MR) is 53.0 cm³/mol. The maximum atomic E-state index is 13.0. The van der Waals surface area contributed by atoms with E-state index < -0.39 is 11.9 Å². The van der Waals surface area contributed by atoms with Crippen molar-refractivity contribution < 1.29 is 13.9 Å². The fourth-order valence-electron chi connectivity index (χ4n) is 1.03. The van der Waals surface area contributed by atoms with E-state index in [-0.39, 0.29) is 5.56 Å². The highest BCUT2D eigenvalue weighted by Gasteiger charge is 2.10. The molecule has 0 bridgehead atoms. The minimum Gasteiger partial charge on any atom is -0.380 e. The fraction of sp³-hybridized carbons (Fsp3) is 0.400. The molecule has 0 unspecified atom stereocenters. The number of pyridine rings is 1. The number of hydrogen-bond acceptors (Lipinski definition) is 3. The molecular weight excluding hydrogens is 199 g/mol. The van der Waals surface area contributed by atoms with Gasteiger partial charge in [-0.25, -0.2) is 4.98 Å². The number of nitrogens with zero attached hydrogens (tertiary/aromatic N) is 1. The van der Waals surface area contributed by atoms with Crippen molar-refractivity contribution in [3.63, 3.8) is 0 Å². The lowest BCUT2D eigenvalue weighted by atomic mass is 10.2. The van der Waals surface area contributed by atoms with Crippen LogP contribution in [0.4, 0.5) is 4.39 Å². The van der Waals surface area contributed by atoms with Gasteiger partial charge >= 0.3 is 0 Å². The zero-order valence-corrected chi connectivity index (χ0v) is 8.50. The van der Waals surface area contributed by atoms with Crippen LogP contribution >= 0.6 is 0 Å². The average Bonchev–Trinajstić information content (AvgIpc) is 2.25. The molecule has 1 aromatic heterocycles. The van der Waals surface area contributed by atoms with E-state index in [2.05, 4.69) is 10.3 Å². The molecule has 1 heterocycles. The van der Waals surface area contributed by atoms with E-state index in [1.54, 1.807) is 0 Å². The number of carbonyl (C=O) groups excluding carboxylic acids is 1. The molecule has 1 aromatic rings. The first-order valence-electron chi connectivity index (χ1n) is 4.72. The van der Waals surface area contributed by atoms with Crippen LogP contribution in [0.25, 0.3) is 0 Å². The second-order valence-corrected chi connectivity index (χ2v) is 2.79. The van der Waals surface area contributed by atoms with Crippen molar-refractivity contribution in [2.75, 3.05) is 19.8 Å². The van der Waals surface area contributed by atoms with Gasteiger partial charge in [-0.3, -0.25) is 4.79 Å². The van der Waals surface area contributed by atoms with Crippen molar-refractivity contribution >= 4 is 5.91 Å². The summed E-state index contributed by atoms with van der Waals surface area (Å²) in [5.74, 6) is -1.23. The molecule has 5 heteroatoms. The Morgan fingerprint density at radius 3 is 3.13 bits per heavy atom. The van der Waals surface area contributed by atoms with E-state index in [0.717, 1.165) is 0 Å². The summed E-state index contributed by atoms with van der Waals surface area (Å²) in [7, 11) is 0. The number of nitrogens with one attached hydrogen (secondary N) is 1. The molecule has 0 aromatic carbocycles. The van der Waals surface area contributed by atoms with Crippen LogP contribution in [0, 0.1) is 5.95 Å². The topological polar surface area (TPSA) is 51.2 Å². The highest BCUT2D eigenvalue weighted by atomic mass is 19.1. The van der Waals surface area contributed by atoms with Gasteiger partial charge in [-0.1, -0.05) is 0 Å².